The number of hydrogen-bond donors (Lipinski definition) is 1. The van der Waals surface area contributed by atoms with Gasteiger partial charge in [0.15, 0.2) is 0 Å². The lowest BCUT2D eigenvalue weighted by Crippen LogP contribution is -2.60. The predicted octanol–water partition coefficient (Wildman–Crippen LogP) is 2.26. The van der Waals surface area contributed by atoms with E-state index in [0.717, 1.165) is 37.8 Å². The highest BCUT2D eigenvalue weighted by Gasteiger charge is 2.55. The molecule has 0 spiro atoms. The van der Waals surface area contributed by atoms with E-state index in [9.17, 15) is 9.90 Å². The van der Waals surface area contributed by atoms with Gasteiger partial charge in [0.2, 0.25) is 0 Å². The molecule has 0 radical (unpaired) electrons. The number of nitrogens with zero attached hydrogens (tertiary/aromatic N) is 1. The van der Waals surface area contributed by atoms with Crippen molar-refractivity contribution in [2.75, 3.05) is 13.6 Å². The van der Waals surface area contributed by atoms with E-state index in [4.69, 9.17) is 0 Å². The van der Waals surface area contributed by atoms with Crippen molar-refractivity contribution in [3.05, 3.63) is 29.3 Å². The molecule has 3 aliphatic rings. The quantitative estimate of drug-likeness (QED) is 0.787. The third kappa shape index (κ3) is 1.47. The number of Topliss-reactive ketones (excluding diaryl/α,β-unsaturated/α-hetero) is 1. The van der Waals surface area contributed by atoms with Crippen molar-refractivity contribution in [2.45, 2.75) is 43.6 Å². The van der Waals surface area contributed by atoms with Gasteiger partial charge in [-0.05, 0) is 56.0 Å². The molecule has 3 atom stereocenters. The molecule has 106 valence electrons. The first kappa shape index (κ1) is 12.4. The monoisotopic (exact) mass is 271 g/mol. The van der Waals surface area contributed by atoms with E-state index >= 15 is 0 Å². The van der Waals surface area contributed by atoms with Crippen LogP contribution in [0.2, 0.25) is 0 Å². The molecule has 1 heterocycles. The highest BCUT2D eigenvalue weighted by molar-refractivity contribution is 5.81. The van der Waals surface area contributed by atoms with Crippen LogP contribution < -0.4 is 0 Å². The van der Waals surface area contributed by atoms with Crippen LogP contribution in [-0.2, 0) is 16.6 Å². The Bertz CT molecular complexity index is 582. The van der Waals surface area contributed by atoms with Crippen molar-refractivity contribution in [3.8, 4) is 5.75 Å². The second-order valence-corrected chi connectivity index (χ2v) is 6.82. The summed E-state index contributed by atoms with van der Waals surface area (Å²) < 4.78 is 0. The number of hydrogen-bond acceptors (Lipinski definition) is 3. The van der Waals surface area contributed by atoms with Gasteiger partial charge in [0.1, 0.15) is 11.5 Å². The van der Waals surface area contributed by atoms with Crippen molar-refractivity contribution in [1.29, 1.82) is 0 Å². The van der Waals surface area contributed by atoms with Gasteiger partial charge in [-0.1, -0.05) is 12.1 Å². The van der Waals surface area contributed by atoms with Gasteiger partial charge in [-0.15, -0.1) is 0 Å². The largest absolute Gasteiger partial charge is 0.508 e. The van der Waals surface area contributed by atoms with Crippen molar-refractivity contribution in [1.82, 2.24) is 4.90 Å². The molecule has 3 heteroatoms. The van der Waals surface area contributed by atoms with Crippen LogP contribution in [0.25, 0.3) is 0 Å². The minimum atomic E-state index is -0.00116. The fraction of sp³-hybridized carbons (Fsp3) is 0.588. The van der Waals surface area contributed by atoms with Crippen LogP contribution >= 0.6 is 0 Å². The van der Waals surface area contributed by atoms with Crippen molar-refractivity contribution < 1.29 is 9.90 Å². The molecule has 3 nitrogen and oxygen atoms in total. The van der Waals surface area contributed by atoms with Crippen LogP contribution in [0.15, 0.2) is 18.2 Å². The van der Waals surface area contributed by atoms with E-state index in [-0.39, 0.29) is 5.41 Å². The third-order valence-electron chi connectivity index (χ3n) is 6.00. The topological polar surface area (TPSA) is 40.5 Å². The molecule has 1 aromatic carbocycles. The summed E-state index contributed by atoms with van der Waals surface area (Å²) in [4.78, 5) is 14.6. The number of aromatic hydroxyl groups is 1. The molecule has 2 fully saturated rings. The summed E-state index contributed by atoms with van der Waals surface area (Å²) in [6, 6.07) is 6.37. The first-order valence-electron chi connectivity index (χ1n) is 7.65. The van der Waals surface area contributed by atoms with Gasteiger partial charge >= 0.3 is 0 Å². The van der Waals surface area contributed by atoms with E-state index in [1.807, 2.05) is 6.07 Å². The zero-order chi connectivity index (χ0) is 13.9. The van der Waals surface area contributed by atoms with Gasteiger partial charge in [0.25, 0.3) is 0 Å². The molecule has 20 heavy (non-hydrogen) atoms. The number of rotatable bonds is 0. The van der Waals surface area contributed by atoms with Crippen LogP contribution in [0.5, 0.6) is 5.75 Å². The van der Waals surface area contributed by atoms with E-state index in [0.29, 0.717) is 29.9 Å². The van der Waals surface area contributed by atoms with Crippen molar-refractivity contribution in [3.63, 3.8) is 0 Å². The van der Waals surface area contributed by atoms with Crippen LogP contribution in [0.4, 0.5) is 0 Å². The molecule has 1 saturated heterocycles. The predicted molar refractivity (Wildman–Crippen MR) is 76.9 cm³/mol. The summed E-state index contributed by atoms with van der Waals surface area (Å²) in [5.41, 5.74) is 2.36. The zero-order valence-electron chi connectivity index (χ0n) is 11.9. The number of phenols is 1. The van der Waals surface area contributed by atoms with E-state index in [1.165, 1.54) is 5.56 Å². The Morgan fingerprint density at radius 3 is 3.10 bits per heavy atom. The molecular formula is C17H21NO2. The highest BCUT2D eigenvalue weighted by Crippen LogP contribution is 2.55. The number of benzene rings is 1. The maximum atomic E-state index is 12.1. The van der Waals surface area contributed by atoms with Crippen LogP contribution in [0, 0.1) is 5.92 Å². The van der Waals surface area contributed by atoms with Gasteiger partial charge in [-0.2, -0.15) is 0 Å². The van der Waals surface area contributed by atoms with Gasteiger partial charge in [-0.3, -0.25) is 4.79 Å². The second-order valence-electron chi connectivity index (χ2n) is 6.82. The average Bonchev–Trinajstić information content (AvgIpc) is 2.43. The fourth-order valence-electron chi connectivity index (χ4n) is 5.04. The molecule has 1 aromatic rings. The van der Waals surface area contributed by atoms with Gasteiger partial charge in [0.05, 0.1) is 0 Å². The summed E-state index contributed by atoms with van der Waals surface area (Å²) in [6.45, 7) is 1.06. The average molecular weight is 271 g/mol. The normalized spacial score (nSPS) is 36.4. The Balaban J connectivity index is 1.93. The number of fused-ring (bicyclic) bond motifs is 1. The smallest absolute Gasteiger partial charge is 0.133 e. The number of carbonyl (C=O) groups excluding carboxylic acids is 1. The minimum Gasteiger partial charge on any atom is -0.508 e. The molecule has 2 bridgehead atoms. The van der Waals surface area contributed by atoms with Gasteiger partial charge in [-0.25, -0.2) is 0 Å². The van der Waals surface area contributed by atoms with E-state index in [1.54, 1.807) is 6.07 Å². The van der Waals surface area contributed by atoms with E-state index < -0.39 is 0 Å². The summed E-state index contributed by atoms with van der Waals surface area (Å²) in [5, 5.41) is 10.2. The Labute approximate surface area is 119 Å². The third-order valence-corrected chi connectivity index (χ3v) is 6.00. The lowest BCUT2D eigenvalue weighted by Gasteiger charge is -2.58. The standard InChI is InChI=1S/C17H21NO2/c1-18-8-7-17-10-11(19)5-6-14(17)15(18)9-12-13(17)3-2-4-16(12)20/h2-4,14-15,20H,5-10H2,1H3/t14-,15+,17+/m0/s1. The summed E-state index contributed by atoms with van der Waals surface area (Å²) in [7, 11) is 2.19. The van der Waals surface area contributed by atoms with Gasteiger partial charge < -0.3 is 10.0 Å². The fourth-order valence-corrected chi connectivity index (χ4v) is 5.04. The number of phenolic OH excluding ortho intramolecular Hbond substituents is 1. The van der Waals surface area contributed by atoms with Crippen molar-refractivity contribution in [2.24, 2.45) is 5.92 Å². The lowest BCUT2D eigenvalue weighted by molar-refractivity contribution is -0.126. The summed E-state index contributed by atoms with van der Waals surface area (Å²) >= 11 is 0. The van der Waals surface area contributed by atoms with Crippen LogP contribution in [0.3, 0.4) is 0 Å². The summed E-state index contributed by atoms with van der Waals surface area (Å²) in [6.07, 6.45) is 4.41. The molecule has 0 amide bonds. The molecule has 0 aromatic heterocycles. The Kier molecular flexibility index (Phi) is 2.53. The number of likely N-dealkylation sites (tertiary alicyclic amines) is 1. The Hall–Kier alpha value is -1.35. The molecule has 1 N–H and O–H groups in total. The maximum Gasteiger partial charge on any atom is 0.133 e. The van der Waals surface area contributed by atoms with Gasteiger partial charge in [0, 0.05) is 24.3 Å². The highest BCUT2D eigenvalue weighted by atomic mass is 16.3. The first-order valence-corrected chi connectivity index (χ1v) is 7.65. The number of likely N-dealkylation sites (N-methyl/N-ethyl adjacent to an activating group) is 1. The Morgan fingerprint density at radius 2 is 2.25 bits per heavy atom. The number of piperidine rings is 1. The van der Waals surface area contributed by atoms with Crippen LogP contribution in [-0.4, -0.2) is 35.4 Å². The summed E-state index contributed by atoms with van der Waals surface area (Å²) in [5.74, 6) is 1.40. The van der Waals surface area contributed by atoms with Crippen LogP contribution in [0.1, 0.15) is 36.8 Å². The first-order chi connectivity index (χ1) is 9.62. The lowest BCUT2D eigenvalue weighted by atomic mass is 9.52. The number of ketones is 1. The molecule has 1 aliphatic heterocycles. The molecule has 4 rings (SSSR count). The minimum absolute atomic E-state index is 0.00116. The number of carbonyl (C=O) groups is 1. The SMILES string of the molecule is CN1CC[C@]23CC(=O)CC[C@H]2[C@H]1Cc1c(O)cccc13. The zero-order valence-corrected chi connectivity index (χ0v) is 11.9. The Morgan fingerprint density at radius 1 is 1.40 bits per heavy atom. The second kappa shape index (κ2) is 4.08. The molecular weight excluding hydrogens is 250 g/mol. The van der Waals surface area contributed by atoms with E-state index in [2.05, 4.69) is 18.0 Å². The molecule has 0 unspecified atom stereocenters. The molecule has 2 aliphatic carbocycles. The van der Waals surface area contributed by atoms with Crippen molar-refractivity contribution >= 4 is 5.78 Å². The maximum absolute atomic E-state index is 12.1. The molecule has 1 saturated carbocycles.